The molecule has 2 aliphatic carbocycles. The molecule has 1 heteroatoms. The SMILES string of the molecule is CC1CCC(C=O)(C2CCCCCC2)C1. The van der Waals surface area contributed by atoms with Gasteiger partial charge in [0.2, 0.25) is 0 Å². The summed E-state index contributed by atoms with van der Waals surface area (Å²) in [6.07, 6.45) is 13.0. The quantitative estimate of drug-likeness (QED) is 0.496. The Hall–Kier alpha value is -0.330. The van der Waals surface area contributed by atoms with Crippen LogP contribution in [-0.2, 0) is 4.79 Å². The van der Waals surface area contributed by atoms with Crippen LogP contribution in [0.2, 0.25) is 0 Å². The summed E-state index contributed by atoms with van der Waals surface area (Å²) in [7, 11) is 0. The van der Waals surface area contributed by atoms with Crippen LogP contribution in [0.3, 0.4) is 0 Å². The van der Waals surface area contributed by atoms with Crippen LogP contribution in [0.1, 0.15) is 64.7 Å². The van der Waals surface area contributed by atoms with Crippen LogP contribution in [0.4, 0.5) is 0 Å². The van der Waals surface area contributed by atoms with Crippen molar-refractivity contribution in [2.45, 2.75) is 64.7 Å². The fraction of sp³-hybridized carbons (Fsp3) is 0.929. The molecule has 0 bridgehead atoms. The Morgan fingerprint density at radius 2 is 1.73 bits per heavy atom. The maximum atomic E-state index is 11.5. The van der Waals surface area contributed by atoms with Gasteiger partial charge in [-0.2, -0.15) is 0 Å². The highest BCUT2D eigenvalue weighted by Crippen LogP contribution is 2.49. The van der Waals surface area contributed by atoms with Gasteiger partial charge in [-0.25, -0.2) is 0 Å². The van der Waals surface area contributed by atoms with Crippen LogP contribution >= 0.6 is 0 Å². The maximum absolute atomic E-state index is 11.5. The van der Waals surface area contributed by atoms with Crippen molar-refractivity contribution < 1.29 is 4.79 Å². The Labute approximate surface area is 93.6 Å². The third-order valence-corrected chi connectivity index (χ3v) is 4.73. The van der Waals surface area contributed by atoms with Gasteiger partial charge in [0.05, 0.1) is 0 Å². The van der Waals surface area contributed by atoms with Gasteiger partial charge in [-0.3, -0.25) is 0 Å². The smallest absolute Gasteiger partial charge is 0.126 e. The van der Waals surface area contributed by atoms with Crippen molar-refractivity contribution in [2.75, 3.05) is 0 Å². The highest BCUT2D eigenvalue weighted by atomic mass is 16.1. The highest BCUT2D eigenvalue weighted by Gasteiger charge is 2.43. The van der Waals surface area contributed by atoms with Gasteiger partial charge in [-0.1, -0.05) is 32.6 Å². The van der Waals surface area contributed by atoms with Gasteiger partial charge >= 0.3 is 0 Å². The first kappa shape index (κ1) is 11.2. The normalized spacial score (nSPS) is 38.9. The first-order valence-corrected chi connectivity index (χ1v) is 6.73. The van der Waals surface area contributed by atoms with E-state index in [0.717, 1.165) is 5.92 Å². The van der Waals surface area contributed by atoms with Crippen molar-refractivity contribution in [3.63, 3.8) is 0 Å². The van der Waals surface area contributed by atoms with Crippen molar-refractivity contribution >= 4 is 6.29 Å². The second-order valence-electron chi connectivity index (χ2n) is 5.89. The number of hydrogen-bond donors (Lipinski definition) is 0. The van der Waals surface area contributed by atoms with E-state index in [0.29, 0.717) is 5.92 Å². The van der Waals surface area contributed by atoms with Gasteiger partial charge < -0.3 is 4.79 Å². The second-order valence-corrected chi connectivity index (χ2v) is 5.89. The van der Waals surface area contributed by atoms with Gasteiger partial charge in [0, 0.05) is 5.41 Å². The molecule has 0 aliphatic heterocycles. The Morgan fingerprint density at radius 1 is 1.07 bits per heavy atom. The lowest BCUT2D eigenvalue weighted by Gasteiger charge is -2.32. The lowest BCUT2D eigenvalue weighted by molar-refractivity contribution is -0.119. The first-order valence-electron chi connectivity index (χ1n) is 6.73. The number of rotatable bonds is 2. The molecule has 2 aliphatic rings. The summed E-state index contributed by atoms with van der Waals surface area (Å²) < 4.78 is 0. The lowest BCUT2D eigenvalue weighted by atomic mass is 9.71. The van der Waals surface area contributed by atoms with Crippen LogP contribution in [0.15, 0.2) is 0 Å². The predicted octanol–water partition coefficient (Wildman–Crippen LogP) is 3.96. The summed E-state index contributed by atoms with van der Waals surface area (Å²) in [6.45, 7) is 2.31. The molecule has 0 spiro atoms. The van der Waals surface area contributed by atoms with Crippen LogP contribution < -0.4 is 0 Å². The van der Waals surface area contributed by atoms with Gasteiger partial charge in [0.25, 0.3) is 0 Å². The average Bonchev–Trinajstić information content (AvgIpc) is 2.49. The Morgan fingerprint density at radius 3 is 2.20 bits per heavy atom. The monoisotopic (exact) mass is 208 g/mol. The van der Waals surface area contributed by atoms with Gasteiger partial charge in [0.1, 0.15) is 6.29 Å². The van der Waals surface area contributed by atoms with Crippen molar-refractivity contribution in [3.05, 3.63) is 0 Å². The van der Waals surface area contributed by atoms with Crippen molar-refractivity contribution in [2.24, 2.45) is 17.3 Å². The zero-order valence-corrected chi connectivity index (χ0v) is 10.0. The molecule has 2 unspecified atom stereocenters. The summed E-state index contributed by atoms with van der Waals surface area (Å²) in [6, 6.07) is 0. The van der Waals surface area contributed by atoms with E-state index < -0.39 is 0 Å². The third kappa shape index (κ3) is 2.26. The molecule has 0 saturated heterocycles. The van der Waals surface area contributed by atoms with Crippen LogP contribution in [0, 0.1) is 17.3 Å². The Bertz CT molecular complexity index is 215. The lowest BCUT2D eigenvalue weighted by Crippen LogP contribution is -2.29. The standard InChI is InChI=1S/C14H24O/c1-12-8-9-14(10-12,11-15)13-6-4-2-3-5-7-13/h11-13H,2-10H2,1H3. The molecule has 15 heavy (non-hydrogen) atoms. The van der Waals surface area contributed by atoms with E-state index in [1.54, 1.807) is 0 Å². The van der Waals surface area contributed by atoms with Crippen LogP contribution in [0.5, 0.6) is 0 Å². The zero-order chi connectivity index (χ0) is 10.7. The molecule has 2 saturated carbocycles. The van der Waals surface area contributed by atoms with E-state index in [4.69, 9.17) is 0 Å². The van der Waals surface area contributed by atoms with Gasteiger partial charge in [-0.15, -0.1) is 0 Å². The molecule has 0 amide bonds. The molecule has 0 radical (unpaired) electrons. The Kier molecular flexibility index (Phi) is 3.48. The van der Waals surface area contributed by atoms with E-state index in [1.807, 2.05) is 0 Å². The number of hydrogen-bond acceptors (Lipinski definition) is 1. The largest absolute Gasteiger partial charge is 0.303 e. The van der Waals surface area contributed by atoms with E-state index in [1.165, 1.54) is 64.1 Å². The predicted molar refractivity (Wildman–Crippen MR) is 62.7 cm³/mol. The number of carbonyl (C=O) groups excluding carboxylic acids is 1. The minimum atomic E-state index is 0.0871. The molecule has 1 nitrogen and oxygen atoms in total. The van der Waals surface area contributed by atoms with Gasteiger partial charge in [-0.05, 0) is 43.9 Å². The molecular formula is C14H24O. The number of aldehydes is 1. The minimum absolute atomic E-state index is 0.0871. The zero-order valence-electron chi connectivity index (χ0n) is 10.0. The molecule has 86 valence electrons. The fourth-order valence-electron chi connectivity index (χ4n) is 3.80. The van der Waals surface area contributed by atoms with Gasteiger partial charge in [0.15, 0.2) is 0 Å². The van der Waals surface area contributed by atoms with Crippen LogP contribution in [0.25, 0.3) is 0 Å². The summed E-state index contributed by atoms with van der Waals surface area (Å²) in [4.78, 5) is 11.5. The molecule has 0 aromatic carbocycles. The first-order chi connectivity index (χ1) is 7.27. The van der Waals surface area contributed by atoms with E-state index in [9.17, 15) is 4.79 Å². The second kappa shape index (κ2) is 4.67. The number of carbonyl (C=O) groups is 1. The summed E-state index contributed by atoms with van der Waals surface area (Å²) in [5, 5.41) is 0. The molecule has 2 fully saturated rings. The molecule has 0 aromatic heterocycles. The van der Waals surface area contributed by atoms with E-state index in [-0.39, 0.29) is 5.41 Å². The molecule has 0 aromatic rings. The molecule has 0 heterocycles. The molecule has 2 rings (SSSR count). The highest BCUT2D eigenvalue weighted by molar-refractivity contribution is 5.60. The van der Waals surface area contributed by atoms with Crippen LogP contribution in [-0.4, -0.2) is 6.29 Å². The summed E-state index contributed by atoms with van der Waals surface area (Å²) in [5.41, 5.74) is 0.0871. The molecular weight excluding hydrogens is 184 g/mol. The summed E-state index contributed by atoms with van der Waals surface area (Å²) >= 11 is 0. The average molecular weight is 208 g/mol. The third-order valence-electron chi connectivity index (χ3n) is 4.73. The van der Waals surface area contributed by atoms with Crippen molar-refractivity contribution in [1.29, 1.82) is 0 Å². The fourth-order valence-corrected chi connectivity index (χ4v) is 3.80. The van der Waals surface area contributed by atoms with Crippen molar-refractivity contribution in [1.82, 2.24) is 0 Å². The molecule has 2 atom stereocenters. The maximum Gasteiger partial charge on any atom is 0.126 e. The molecule has 0 N–H and O–H groups in total. The Balaban J connectivity index is 2.07. The topological polar surface area (TPSA) is 17.1 Å². The minimum Gasteiger partial charge on any atom is -0.303 e. The summed E-state index contributed by atoms with van der Waals surface area (Å²) in [5.74, 6) is 1.49. The van der Waals surface area contributed by atoms with E-state index in [2.05, 4.69) is 6.92 Å². The van der Waals surface area contributed by atoms with Crippen molar-refractivity contribution in [3.8, 4) is 0 Å². The van der Waals surface area contributed by atoms with E-state index >= 15 is 0 Å².